The summed E-state index contributed by atoms with van der Waals surface area (Å²) in [6.07, 6.45) is 0. The van der Waals surface area contributed by atoms with Gasteiger partial charge in [0.2, 0.25) is 0 Å². The first-order chi connectivity index (χ1) is 5.88. The van der Waals surface area contributed by atoms with E-state index in [1.54, 1.807) is 0 Å². The molecule has 2 N–H and O–H groups in total. The minimum atomic E-state index is 0.938. The maximum atomic E-state index is 3.96. The molecule has 2 nitrogen and oxygen atoms in total. The Morgan fingerprint density at radius 3 is 2.75 bits per heavy atom. The summed E-state index contributed by atoms with van der Waals surface area (Å²) in [4.78, 5) is 0. The molecule has 1 aromatic rings. The molecule has 0 spiro atoms. The van der Waals surface area contributed by atoms with E-state index in [2.05, 4.69) is 29.3 Å². The SMILES string of the molecule is C=C1NCCNc2ccccc21. The Bertz CT molecular complexity index is 304. The zero-order valence-corrected chi connectivity index (χ0v) is 6.93. The lowest BCUT2D eigenvalue weighted by molar-refractivity contribution is 0.904. The van der Waals surface area contributed by atoms with Crippen LogP contribution in [-0.2, 0) is 0 Å². The highest BCUT2D eigenvalue weighted by atomic mass is 15.0. The monoisotopic (exact) mass is 160 g/mol. The van der Waals surface area contributed by atoms with Crippen LogP contribution in [0, 0.1) is 0 Å². The molecule has 1 heterocycles. The first-order valence-electron chi connectivity index (χ1n) is 4.14. The number of nitrogens with one attached hydrogen (secondary N) is 2. The Balaban J connectivity index is 2.46. The van der Waals surface area contributed by atoms with E-state index in [1.807, 2.05) is 12.1 Å². The zero-order chi connectivity index (χ0) is 8.39. The average molecular weight is 160 g/mol. The van der Waals surface area contributed by atoms with E-state index >= 15 is 0 Å². The van der Waals surface area contributed by atoms with Crippen molar-refractivity contribution < 1.29 is 0 Å². The van der Waals surface area contributed by atoms with Crippen molar-refractivity contribution >= 4 is 11.4 Å². The topological polar surface area (TPSA) is 24.1 Å². The molecule has 2 rings (SSSR count). The van der Waals surface area contributed by atoms with Crippen LogP contribution < -0.4 is 10.6 Å². The highest BCUT2D eigenvalue weighted by molar-refractivity contribution is 5.74. The molecule has 0 saturated carbocycles. The third kappa shape index (κ3) is 1.16. The van der Waals surface area contributed by atoms with Gasteiger partial charge >= 0.3 is 0 Å². The van der Waals surface area contributed by atoms with Crippen molar-refractivity contribution in [1.29, 1.82) is 0 Å². The molecular weight excluding hydrogens is 148 g/mol. The van der Waals surface area contributed by atoms with Crippen LogP contribution in [0.4, 0.5) is 5.69 Å². The van der Waals surface area contributed by atoms with Gasteiger partial charge in [0.1, 0.15) is 0 Å². The van der Waals surface area contributed by atoms with Crippen LogP contribution in [0.3, 0.4) is 0 Å². The number of para-hydroxylation sites is 1. The summed E-state index contributed by atoms with van der Waals surface area (Å²) >= 11 is 0. The number of hydrogen-bond donors (Lipinski definition) is 2. The third-order valence-electron chi connectivity index (χ3n) is 2.03. The molecule has 0 fully saturated rings. The lowest BCUT2D eigenvalue weighted by Gasteiger charge is -2.06. The van der Waals surface area contributed by atoms with Crippen LogP contribution in [0.25, 0.3) is 5.70 Å². The van der Waals surface area contributed by atoms with Crippen molar-refractivity contribution in [3.05, 3.63) is 36.4 Å². The first-order valence-corrected chi connectivity index (χ1v) is 4.14. The fourth-order valence-electron chi connectivity index (χ4n) is 1.41. The smallest absolute Gasteiger partial charge is 0.0435 e. The van der Waals surface area contributed by atoms with Gasteiger partial charge in [0.05, 0.1) is 0 Å². The number of hydrogen-bond acceptors (Lipinski definition) is 2. The van der Waals surface area contributed by atoms with Gasteiger partial charge in [-0.25, -0.2) is 0 Å². The maximum absolute atomic E-state index is 3.96. The molecule has 1 aliphatic heterocycles. The van der Waals surface area contributed by atoms with E-state index in [0.717, 1.165) is 18.8 Å². The normalized spacial score (nSPS) is 15.5. The Labute approximate surface area is 72.3 Å². The maximum Gasteiger partial charge on any atom is 0.0435 e. The lowest BCUT2D eigenvalue weighted by atomic mass is 10.1. The summed E-state index contributed by atoms with van der Waals surface area (Å²) < 4.78 is 0. The summed E-state index contributed by atoms with van der Waals surface area (Å²) in [5.41, 5.74) is 3.36. The predicted molar refractivity (Wildman–Crippen MR) is 52.0 cm³/mol. The van der Waals surface area contributed by atoms with Crippen molar-refractivity contribution in [1.82, 2.24) is 5.32 Å². The van der Waals surface area contributed by atoms with Gasteiger partial charge in [-0.2, -0.15) is 0 Å². The predicted octanol–water partition coefficient (Wildman–Crippen LogP) is 1.67. The molecule has 1 aliphatic rings. The van der Waals surface area contributed by atoms with Crippen molar-refractivity contribution in [2.75, 3.05) is 18.4 Å². The van der Waals surface area contributed by atoms with Crippen LogP contribution in [0.5, 0.6) is 0 Å². The van der Waals surface area contributed by atoms with Gasteiger partial charge in [0.15, 0.2) is 0 Å². The summed E-state index contributed by atoms with van der Waals surface area (Å²) in [6, 6.07) is 8.21. The van der Waals surface area contributed by atoms with Gasteiger partial charge in [0.25, 0.3) is 0 Å². The van der Waals surface area contributed by atoms with Gasteiger partial charge in [0, 0.05) is 30.0 Å². The standard InChI is InChI=1S/C10H12N2/c1-8-9-4-2-3-5-10(9)12-7-6-11-8/h2-5,11-12H,1,6-7H2. The molecule has 0 aliphatic carbocycles. The Kier molecular flexibility index (Phi) is 1.74. The minimum absolute atomic E-state index is 0.938. The molecule has 0 amide bonds. The van der Waals surface area contributed by atoms with Gasteiger partial charge in [-0.3, -0.25) is 0 Å². The van der Waals surface area contributed by atoms with Crippen molar-refractivity contribution in [3.63, 3.8) is 0 Å². The van der Waals surface area contributed by atoms with Crippen molar-refractivity contribution in [2.24, 2.45) is 0 Å². The quantitative estimate of drug-likeness (QED) is 0.603. The molecule has 2 heteroatoms. The van der Waals surface area contributed by atoms with Gasteiger partial charge in [-0.15, -0.1) is 0 Å². The van der Waals surface area contributed by atoms with Crippen molar-refractivity contribution in [2.45, 2.75) is 0 Å². The molecule has 12 heavy (non-hydrogen) atoms. The van der Waals surface area contributed by atoms with E-state index in [9.17, 15) is 0 Å². The first kappa shape index (κ1) is 7.22. The van der Waals surface area contributed by atoms with Gasteiger partial charge < -0.3 is 10.6 Å². The molecular formula is C10H12N2. The van der Waals surface area contributed by atoms with E-state index in [0.29, 0.717) is 0 Å². The second-order valence-corrected chi connectivity index (χ2v) is 2.88. The van der Waals surface area contributed by atoms with E-state index in [1.165, 1.54) is 11.3 Å². The third-order valence-corrected chi connectivity index (χ3v) is 2.03. The van der Waals surface area contributed by atoms with Crippen LogP contribution in [0.15, 0.2) is 30.8 Å². The van der Waals surface area contributed by atoms with Gasteiger partial charge in [-0.1, -0.05) is 24.8 Å². The molecule has 0 unspecified atom stereocenters. The van der Waals surface area contributed by atoms with Crippen LogP contribution in [-0.4, -0.2) is 13.1 Å². The Morgan fingerprint density at radius 2 is 1.83 bits per heavy atom. The average Bonchev–Trinajstić information content (AvgIpc) is 2.29. The summed E-state index contributed by atoms with van der Waals surface area (Å²) in [6.45, 7) is 5.86. The fraction of sp³-hybridized carbons (Fsp3) is 0.200. The van der Waals surface area contributed by atoms with E-state index < -0.39 is 0 Å². The van der Waals surface area contributed by atoms with Crippen LogP contribution in [0.2, 0.25) is 0 Å². The number of fused-ring (bicyclic) bond motifs is 1. The molecule has 1 aromatic carbocycles. The largest absolute Gasteiger partial charge is 0.383 e. The number of anilines is 1. The summed E-state index contributed by atoms with van der Waals surface area (Å²) in [5.74, 6) is 0. The number of rotatable bonds is 0. The molecule has 0 radical (unpaired) electrons. The minimum Gasteiger partial charge on any atom is -0.383 e. The Hall–Kier alpha value is -1.44. The van der Waals surface area contributed by atoms with Crippen LogP contribution in [0.1, 0.15) is 5.56 Å². The number of benzene rings is 1. The lowest BCUT2D eigenvalue weighted by Crippen LogP contribution is -2.15. The Morgan fingerprint density at radius 1 is 1.08 bits per heavy atom. The van der Waals surface area contributed by atoms with Gasteiger partial charge in [-0.05, 0) is 6.07 Å². The molecule has 62 valence electrons. The highest BCUT2D eigenvalue weighted by Crippen LogP contribution is 2.21. The summed E-state index contributed by atoms with van der Waals surface area (Å²) in [5, 5.41) is 6.58. The van der Waals surface area contributed by atoms with Crippen molar-refractivity contribution in [3.8, 4) is 0 Å². The van der Waals surface area contributed by atoms with E-state index in [-0.39, 0.29) is 0 Å². The molecule has 0 bridgehead atoms. The fourth-order valence-corrected chi connectivity index (χ4v) is 1.41. The highest BCUT2D eigenvalue weighted by Gasteiger charge is 2.07. The molecule has 0 saturated heterocycles. The molecule has 0 aromatic heterocycles. The van der Waals surface area contributed by atoms with E-state index in [4.69, 9.17) is 0 Å². The second-order valence-electron chi connectivity index (χ2n) is 2.88. The second kappa shape index (κ2) is 2.89. The zero-order valence-electron chi connectivity index (χ0n) is 6.93. The van der Waals surface area contributed by atoms with Crippen LogP contribution >= 0.6 is 0 Å². The molecule has 0 atom stereocenters. The summed E-state index contributed by atoms with van der Waals surface area (Å²) in [7, 11) is 0.